The molecule has 4 nitrogen and oxygen atoms in total. The minimum atomic E-state index is 0.0138. The van der Waals surface area contributed by atoms with Crippen molar-refractivity contribution in [3.63, 3.8) is 0 Å². The lowest BCUT2D eigenvalue weighted by Gasteiger charge is -2.35. The number of aryl methyl sites for hydroxylation is 1. The largest absolute Gasteiger partial charge is 0.369 e. The van der Waals surface area contributed by atoms with Crippen LogP contribution < -0.4 is 10.2 Å². The minimum Gasteiger partial charge on any atom is -0.369 e. The van der Waals surface area contributed by atoms with E-state index in [0.717, 1.165) is 55.1 Å². The molecule has 1 fully saturated rings. The molecule has 0 aromatic heterocycles. The molecule has 0 radical (unpaired) electrons. The molecule has 0 bridgehead atoms. The molecule has 1 amide bonds. The predicted octanol–water partition coefficient (Wildman–Crippen LogP) is 4.99. The third-order valence-electron chi connectivity index (χ3n) is 6.09. The minimum absolute atomic E-state index is 0.0138. The number of hydrogen-bond donors (Lipinski definition) is 1. The zero-order valence-corrected chi connectivity index (χ0v) is 18.5. The molecule has 0 spiro atoms. The fourth-order valence-electron chi connectivity index (χ4n) is 4.13. The van der Waals surface area contributed by atoms with Crippen LogP contribution in [0.1, 0.15) is 18.1 Å². The number of rotatable bonds is 6. The third-order valence-corrected chi connectivity index (χ3v) is 6.09. The van der Waals surface area contributed by atoms with Crippen LogP contribution in [0, 0.1) is 6.92 Å². The highest BCUT2D eigenvalue weighted by Gasteiger charge is 2.16. The van der Waals surface area contributed by atoms with Crippen molar-refractivity contribution in [2.75, 3.05) is 42.9 Å². The van der Waals surface area contributed by atoms with Crippen molar-refractivity contribution in [2.24, 2.45) is 0 Å². The Morgan fingerprint density at radius 1 is 0.871 bits per heavy atom. The first-order valence-electron chi connectivity index (χ1n) is 11.1. The van der Waals surface area contributed by atoms with E-state index in [-0.39, 0.29) is 5.91 Å². The van der Waals surface area contributed by atoms with Gasteiger partial charge in [-0.05, 0) is 53.9 Å². The van der Waals surface area contributed by atoms with Gasteiger partial charge in [-0.25, -0.2) is 0 Å². The van der Waals surface area contributed by atoms with Gasteiger partial charge in [0.05, 0.1) is 6.42 Å². The molecule has 31 heavy (non-hydrogen) atoms. The van der Waals surface area contributed by atoms with Gasteiger partial charge in [0.15, 0.2) is 0 Å². The van der Waals surface area contributed by atoms with Gasteiger partial charge >= 0.3 is 0 Å². The number of nitrogens with zero attached hydrogens (tertiary/aromatic N) is 2. The average molecular weight is 414 g/mol. The highest BCUT2D eigenvalue weighted by Crippen LogP contribution is 2.24. The molecule has 0 saturated carbocycles. The Morgan fingerprint density at radius 3 is 2.19 bits per heavy atom. The highest BCUT2D eigenvalue weighted by atomic mass is 16.1. The molecule has 3 aromatic rings. The average Bonchev–Trinajstić information content (AvgIpc) is 2.81. The second-order valence-electron chi connectivity index (χ2n) is 8.21. The second-order valence-corrected chi connectivity index (χ2v) is 8.21. The Bertz CT molecular complexity index is 1010. The lowest BCUT2D eigenvalue weighted by Crippen LogP contribution is -2.46. The lowest BCUT2D eigenvalue weighted by atomic mass is 10.0. The van der Waals surface area contributed by atoms with Crippen molar-refractivity contribution in [2.45, 2.75) is 20.3 Å². The topological polar surface area (TPSA) is 35.6 Å². The fourth-order valence-corrected chi connectivity index (χ4v) is 4.13. The summed E-state index contributed by atoms with van der Waals surface area (Å²) in [7, 11) is 0. The summed E-state index contributed by atoms with van der Waals surface area (Å²) >= 11 is 0. The highest BCUT2D eigenvalue weighted by molar-refractivity contribution is 5.93. The van der Waals surface area contributed by atoms with Crippen LogP contribution in [0.15, 0.2) is 72.8 Å². The first-order chi connectivity index (χ1) is 15.1. The molecular weight excluding hydrogens is 382 g/mol. The van der Waals surface area contributed by atoms with E-state index < -0.39 is 0 Å². The van der Waals surface area contributed by atoms with Crippen LogP contribution in [0.5, 0.6) is 0 Å². The summed E-state index contributed by atoms with van der Waals surface area (Å²) in [5.41, 5.74) is 6.59. The summed E-state index contributed by atoms with van der Waals surface area (Å²) in [4.78, 5) is 17.5. The van der Waals surface area contributed by atoms with Gasteiger partial charge in [0, 0.05) is 37.6 Å². The van der Waals surface area contributed by atoms with Crippen LogP contribution in [-0.2, 0) is 11.2 Å². The Kier molecular flexibility index (Phi) is 6.68. The van der Waals surface area contributed by atoms with E-state index in [1.54, 1.807) is 0 Å². The summed E-state index contributed by atoms with van der Waals surface area (Å²) in [6.45, 7) is 9.72. The van der Waals surface area contributed by atoms with Crippen molar-refractivity contribution >= 4 is 17.3 Å². The van der Waals surface area contributed by atoms with Crippen molar-refractivity contribution in [1.29, 1.82) is 0 Å². The van der Waals surface area contributed by atoms with Gasteiger partial charge in [0.2, 0.25) is 5.91 Å². The van der Waals surface area contributed by atoms with Crippen LogP contribution in [-0.4, -0.2) is 43.5 Å². The maximum atomic E-state index is 12.6. The van der Waals surface area contributed by atoms with Crippen LogP contribution >= 0.6 is 0 Å². The van der Waals surface area contributed by atoms with E-state index >= 15 is 0 Å². The molecule has 1 aliphatic heterocycles. The van der Waals surface area contributed by atoms with E-state index in [1.807, 2.05) is 36.4 Å². The number of amides is 1. The van der Waals surface area contributed by atoms with Gasteiger partial charge in [-0.1, -0.05) is 61.5 Å². The maximum absolute atomic E-state index is 12.6. The summed E-state index contributed by atoms with van der Waals surface area (Å²) in [6, 6.07) is 24.9. The Hall–Kier alpha value is -3.11. The van der Waals surface area contributed by atoms with E-state index in [9.17, 15) is 4.79 Å². The van der Waals surface area contributed by atoms with Crippen LogP contribution in [0.25, 0.3) is 11.1 Å². The van der Waals surface area contributed by atoms with Crippen LogP contribution in [0.2, 0.25) is 0 Å². The molecule has 0 atom stereocenters. The summed E-state index contributed by atoms with van der Waals surface area (Å²) < 4.78 is 0. The number of likely N-dealkylation sites (N-methyl/N-ethyl adjacent to an activating group) is 1. The Balaban J connectivity index is 1.35. The summed E-state index contributed by atoms with van der Waals surface area (Å²) in [6.07, 6.45) is 0.370. The first-order valence-corrected chi connectivity index (χ1v) is 11.1. The predicted molar refractivity (Wildman–Crippen MR) is 130 cm³/mol. The molecule has 1 saturated heterocycles. The fraction of sp³-hybridized carbons (Fsp3) is 0.296. The number of benzene rings is 3. The van der Waals surface area contributed by atoms with Gasteiger partial charge in [-0.15, -0.1) is 0 Å². The van der Waals surface area contributed by atoms with E-state index in [0.29, 0.717) is 6.42 Å². The number of carbonyl (C=O) groups excluding carboxylic acids is 1. The number of nitrogens with one attached hydrogen (secondary N) is 1. The van der Waals surface area contributed by atoms with Gasteiger partial charge in [0.1, 0.15) is 0 Å². The quantitative estimate of drug-likeness (QED) is 0.619. The molecule has 1 N–H and O–H groups in total. The van der Waals surface area contributed by atoms with Crippen LogP contribution in [0.4, 0.5) is 11.4 Å². The smallest absolute Gasteiger partial charge is 0.228 e. The van der Waals surface area contributed by atoms with E-state index in [2.05, 4.69) is 65.4 Å². The Morgan fingerprint density at radius 2 is 1.55 bits per heavy atom. The molecule has 4 rings (SSSR count). The molecule has 3 aromatic carbocycles. The molecule has 0 unspecified atom stereocenters. The number of anilines is 2. The van der Waals surface area contributed by atoms with E-state index in [1.165, 1.54) is 11.3 Å². The SMILES string of the molecule is CCN1CCN(c2ccc(NC(=O)Cc3ccc(-c4ccccc4)cc3)c(C)c2)CC1. The monoisotopic (exact) mass is 413 g/mol. The first kappa shape index (κ1) is 21.1. The maximum Gasteiger partial charge on any atom is 0.228 e. The van der Waals surface area contributed by atoms with Crippen molar-refractivity contribution in [1.82, 2.24) is 4.90 Å². The molecule has 4 heteroatoms. The molecule has 1 aliphatic rings. The second kappa shape index (κ2) is 9.80. The normalized spacial score (nSPS) is 14.5. The number of piperazine rings is 1. The van der Waals surface area contributed by atoms with Crippen LogP contribution in [0.3, 0.4) is 0 Å². The van der Waals surface area contributed by atoms with Gasteiger partial charge in [-0.2, -0.15) is 0 Å². The lowest BCUT2D eigenvalue weighted by molar-refractivity contribution is -0.115. The molecule has 0 aliphatic carbocycles. The van der Waals surface area contributed by atoms with E-state index in [4.69, 9.17) is 0 Å². The summed E-state index contributed by atoms with van der Waals surface area (Å²) in [5, 5.41) is 3.09. The molecular formula is C27H31N3O. The zero-order chi connectivity index (χ0) is 21.6. The van der Waals surface area contributed by atoms with Gasteiger partial charge in [0.25, 0.3) is 0 Å². The standard InChI is InChI=1S/C27H31N3O/c1-3-29-15-17-30(18-16-29)25-13-14-26(21(2)19-25)28-27(31)20-22-9-11-24(12-10-22)23-7-5-4-6-8-23/h4-14,19H,3,15-18,20H2,1-2H3,(H,28,31). The van der Waals surface area contributed by atoms with Crippen molar-refractivity contribution in [3.8, 4) is 11.1 Å². The number of hydrogen-bond acceptors (Lipinski definition) is 3. The summed E-state index contributed by atoms with van der Waals surface area (Å²) in [5.74, 6) is 0.0138. The van der Waals surface area contributed by atoms with Gasteiger partial charge < -0.3 is 15.1 Å². The molecule has 160 valence electrons. The third kappa shape index (κ3) is 5.33. The Labute approximate surface area is 185 Å². The van der Waals surface area contributed by atoms with Crippen molar-refractivity contribution in [3.05, 3.63) is 83.9 Å². The van der Waals surface area contributed by atoms with Gasteiger partial charge in [-0.3, -0.25) is 4.79 Å². The zero-order valence-electron chi connectivity index (χ0n) is 18.5. The van der Waals surface area contributed by atoms with Crippen molar-refractivity contribution < 1.29 is 4.79 Å². The molecule has 1 heterocycles. The number of carbonyl (C=O) groups is 1.